The first kappa shape index (κ1) is 13.1. The van der Waals surface area contributed by atoms with E-state index in [1.54, 1.807) is 7.05 Å². The molecule has 20 heavy (non-hydrogen) atoms. The highest BCUT2D eigenvalue weighted by Gasteiger charge is 2.28. The average Bonchev–Trinajstić information content (AvgIpc) is 2.98. The van der Waals surface area contributed by atoms with E-state index in [0.29, 0.717) is 6.04 Å². The van der Waals surface area contributed by atoms with E-state index in [1.807, 2.05) is 17.0 Å². The van der Waals surface area contributed by atoms with Crippen molar-refractivity contribution in [3.8, 4) is 0 Å². The Kier molecular flexibility index (Phi) is 3.44. The molecule has 0 spiro atoms. The van der Waals surface area contributed by atoms with Crippen LogP contribution in [0.5, 0.6) is 0 Å². The fraction of sp³-hybridized carbons (Fsp3) is 0.467. The smallest absolute Gasteiger partial charge is 0.248 e. The van der Waals surface area contributed by atoms with Gasteiger partial charge in [0.1, 0.15) is 0 Å². The molecule has 1 N–H and O–H groups in total. The Labute approximate surface area is 118 Å². The Balaban J connectivity index is 1.81. The Morgan fingerprint density at radius 2 is 1.95 bits per heavy atom. The predicted octanol–water partition coefficient (Wildman–Crippen LogP) is 0.916. The lowest BCUT2D eigenvalue weighted by atomic mass is 10.0. The summed E-state index contributed by atoms with van der Waals surface area (Å²) in [5, 5.41) is 3.47. The Hall–Kier alpha value is -1.88. The number of imide groups is 1. The van der Waals surface area contributed by atoms with Crippen LogP contribution in [-0.2, 0) is 9.59 Å². The topological polar surface area (TPSA) is 52.7 Å². The lowest BCUT2D eigenvalue weighted by Crippen LogP contribution is -2.52. The quantitative estimate of drug-likeness (QED) is 0.814. The van der Waals surface area contributed by atoms with Crippen LogP contribution in [0.3, 0.4) is 0 Å². The van der Waals surface area contributed by atoms with Crippen LogP contribution in [0.25, 0.3) is 0 Å². The Bertz CT molecular complexity index is 520. The number of hydrogen-bond donors (Lipinski definition) is 1. The maximum Gasteiger partial charge on any atom is 0.248 e. The van der Waals surface area contributed by atoms with Crippen molar-refractivity contribution in [3.63, 3.8) is 0 Å². The molecule has 2 amide bonds. The summed E-state index contributed by atoms with van der Waals surface area (Å²) < 4.78 is 0. The molecular formula is C15H19N3O2. The van der Waals surface area contributed by atoms with Gasteiger partial charge in [0, 0.05) is 18.8 Å². The van der Waals surface area contributed by atoms with Crippen LogP contribution in [-0.4, -0.2) is 43.4 Å². The van der Waals surface area contributed by atoms with Crippen molar-refractivity contribution in [2.24, 2.45) is 0 Å². The second-order valence-corrected chi connectivity index (χ2v) is 5.45. The van der Waals surface area contributed by atoms with Gasteiger partial charge in [-0.2, -0.15) is 0 Å². The first-order chi connectivity index (χ1) is 9.65. The third kappa shape index (κ3) is 2.41. The second kappa shape index (κ2) is 5.25. The highest BCUT2D eigenvalue weighted by atomic mass is 16.2. The van der Waals surface area contributed by atoms with Gasteiger partial charge >= 0.3 is 0 Å². The van der Waals surface area contributed by atoms with Crippen molar-refractivity contribution < 1.29 is 9.59 Å². The second-order valence-electron chi connectivity index (χ2n) is 5.45. The molecule has 2 saturated heterocycles. The minimum atomic E-state index is -0.148. The Morgan fingerprint density at radius 3 is 2.60 bits per heavy atom. The van der Waals surface area contributed by atoms with E-state index in [-0.39, 0.29) is 24.9 Å². The van der Waals surface area contributed by atoms with Gasteiger partial charge < -0.3 is 10.2 Å². The highest BCUT2D eigenvalue weighted by molar-refractivity contribution is 6.02. The van der Waals surface area contributed by atoms with Crippen LogP contribution < -0.4 is 10.2 Å². The maximum absolute atomic E-state index is 11.8. The molecule has 106 valence electrons. The number of hydrogen-bond acceptors (Lipinski definition) is 4. The molecule has 2 fully saturated rings. The van der Waals surface area contributed by atoms with Gasteiger partial charge in [0.2, 0.25) is 11.8 Å². The molecule has 1 unspecified atom stereocenters. The molecule has 2 aliphatic heterocycles. The number of rotatable bonds is 2. The number of carbonyl (C=O) groups excluding carboxylic acids is 2. The molecular weight excluding hydrogens is 254 g/mol. The largest absolute Gasteiger partial charge is 0.353 e. The van der Waals surface area contributed by atoms with E-state index in [9.17, 15) is 9.59 Å². The molecule has 2 heterocycles. The van der Waals surface area contributed by atoms with Gasteiger partial charge in [-0.3, -0.25) is 14.5 Å². The summed E-state index contributed by atoms with van der Waals surface area (Å²) in [6, 6.07) is 8.55. The molecule has 1 atom stereocenters. The zero-order valence-corrected chi connectivity index (χ0v) is 11.6. The first-order valence-electron chi connectivity index (χ1n) is 7.03. The number of benzene rings is 1. The van der Waals surface area contributed by atoms with Gasteiger partial charge in [-0.05, 0) is 37.1 Å². The summed E-state index contributed by atoms with van der Waals surface area (Å²) in [6.45, 7) is 1.59. The monoisotopic (exact) mass is 273 g/mol. The number of nitrogens with one attached hydrogen (secondary N) is 1. The molecule has 1 aromatic carbocycles. The standard InChI is InChI=1S/C15H19N3O2/c1-17-14(19)9-18(10-15(17)20)12-5-2-4-11(8-12)13-6-3-7-16-13/h2,4-5,8,13,16H,3,6-7,9-10H2,1H3. The molecule has 0 saturated carbocycles. The zero-order valence-electron chi connectivity index (χ0n) is 11.6. The van der Waals surface area contributed by atoms with Crippen LogP contribution >= 0.6 is 0 Å². The van der Waals surface area contributed by atoms with Crippen molar-refractivity contribution in [2.45, 2.75) is 18.9 Å². The van der Waals surface area contributed by atoms with E-state index in [0.717, 1.165) is 18.7 Å². The average molecular weight is 273 g/mol. The highest BCUT2D eigenvalue weighted by Crippen LogP contribution is 2.27. The zero-order chi connectivity index (χ0) is 14.1. The maximum atomic E-state index is 11.8. The number of anilines is 1. The van der Waals surface area contributed by atoms with E-state index >= 15 is 0 Å². The SMILES string of the molecule is CN1C(=O)CN(c2cccc(C3CCCN3)c2)CC1=O. The van der Waals surface area contributed by atoms with Crippen molar-refractivity contribution >= 4 is 17.5 Å². The molecule has 2 aliphatic rings. The summed E-state index contributed by atoms with van der Waals surface area (Å²) in [7, 11) is 1.54. The summed E-state index contributed by atoms with van der Waals surface area (Å²) >= 11 is 0. The third-order valence-corrected chi connectivity index (χ3v) is 4.10. The fourth-order valence-corrected chi connectivity index (χ4v) is 2.82. The molecule has 0 radical (unpaired) electrons. The number of nitrogens with zero attached hydrogens (tertiary/aromatic N) is 2. The van der Waals surface area contributed by atoms with Crippen LogP contribution in [0.15, 0.2) is 24.3 Å². The molecule has 0 bridgehead atoms. The minimum Gasteiger partial charge on any atom is -0.353 e. The molecule has 0 aliphatic carbocycles. The molecule has 3 rings (SSSR count). The van der Waals surface area contributed by atoms with Crippen molar-refractivity contribution in [3.05, 3.63) is 29.8 Å². The molecule has 0 aromatic heterocycles. The van der Waals surface area contributed by atoms with Gasteiger partial charge in [0.05, 0.1) is 13.1 Å². The van der Waals surface area contributed by atoms with Crippen LogP contribution in [0.1, 0.15) is 24.4 Å². The number of amides is 2. The Morgan fingerprint density at radius 1 is 1.20 bits per heavy atom. The van der Waals surface area contributed by atoms with Crippen molar-refractivity contribution in [2.75, 3.05) is 31.6 Å². The molecule has 5 heteroatoms. The summed E-state index contributed by atoms with van der Waals surface area (Å²) in [6.07, 6.45) is 2.34. The number of likely N-dealkylation sites (N-methyl/N-ethyl adjacent to an activating group) is 1. The van der Waals surface area contributed by atoms with Crippen molar-refractivity contribution in [1.29, 1.82) is 0 Å². The summed E-state index contributed by atoms with van der Waals surface area (Å²) in [5.74, 6) is -0.295. The molecule has 5 nitrogen and oxygen atoms in total. The lowest BCUT2D eigenvalue weighted by Gasteiger charge is -2.32. The normalized spacial score (nSPS) is 23.6. The van der Waals surface area contributed by atoms with Gasteiger partial charge in [-0.15, -0.1) is 0 Å². The number of piperazine rings is 1. The van der Waals surface area contributed by atoms with Crippen LogP contribution in [0.4, 0.5) is 5.69 Å². The van der Waals surface area contributed by atoms with Gasteiger partial charge in [0.15, 0.2) is 0 Å². The number of carbonyl (C=O) groups is 2. The van der Waals surface area contributed by atoms with Gasteiger partial charge in [-0.25, -0.2) is 0 Å². The predicted molar refractivity (Wildman–Crippen MR) is 76.4 cm³/mol. The lowest BCUT2D eigenvalue weighted by molar-refractivity contribution is -0.143. The first-order valence-corrected chi connectivity index (χ1v) is 7.03. The van der Waals surface area contributed by atoms with Crippen LogP contribution in [0.2, 0.25) is 0 Å². The van der Waals surface area contributed by atoms with E-state index < -0.39 is 0 Å². The van der Waals surface area contributed by atoms with E-state index in [2.05, 4.69) is 17.4 Å². The summed E-state index contributed by atoms with van der Waals surface area (Å²) in [4.78, 5) is 26.6. The van der Waals surface area contributed by atoms with Gasteiger partial charge in [-0.1, -0.05) is 12.1 Å². The summed E-state index contributed by atoms with van der Waals surface area (Å²) in [5.41, 5.74) is 2.19. The fourth-order valence-electron chi connectivity index (χ4n) is 2.82. The van der Waals surface area contributed by atoms with Crippen molar-refractivity contribution in [1.82, 2.24) is 10.2 Å². The van der Waals surface area contributed by atoms with Gasteiger partial charge in [0.25, 0.3) is 0 Å². The third-order valence-electron chi connectivity index (χ3n) is 4.10. The minimum absolute atomic E-state index is 0.148. The van der Waals surface area contributed by atoms with Crippen LogP contribution in [0, 0.1) is 0 Å². The van der Waals surface area contributed by atoms with E-state index in [4.69, 9.17) is 0 Å². The van der Waals surface area contributed by atoms with E-state index in [1.165, 1.54) is 16.9 Å². The molecule has 1 aromatic rings.